The molecule has 1 unspecified atom stereocenters. The van der Waals surface area contributed by atoms with E-state index in [1.165, 1.54) is 7.11 Å². The fraction of sp³-hybridized carbons (Fsp3) is 0.833. The minimum Gasteiger partial charge on any atom is -0.468 e. The van der Waals surface area contributed by atoms with Gasteiger partial charge in [-0.3, -0.25) is 14.5 Å². The molecule has 1 amide bonds. The first-order valence-electron chi connectivity index (χ1n) is 6.23. The molecule has 1 aliphatic rings. The van der Waals surface area contributed by atoms with Crippen LogP contribution in [0.3, 0.4) is 0 Å². The average molecular weight is 242 g/mol. The quantitative estimate of drug-likeness (QED) is 0.731. The lowest BCUT2D eigenvalue weighted by Crippen LogP contribution is -2.54. The minimum absolute atomic E-state index is 0.0247. The number of carbonyl (C=O) groups is 2. The number of hydrogen-bond donors (Lipinski definition) is 1. The predicted octanol–water partition coefficient (Wildman–Crippen LogP) is 0.539. The third kappa shape index (κ3) is 3.43. The van der Waals surface area contributed by atoms with Gasteiger partial charge in [-0.15, -0.1) is 0 Å². The summed E-state index contributed by atoms with van der Waals surface area (Å²) in [6.07, 6.45) is 2.81. The van der Waals surface area contributed by atoms with E-state index in [4.69, 9.17) is 4.74 Å². The summed E-state index contributed by atoms with van der Waals surface area (Å²) in [5, 5.41) is 2.79. The summed E-state index contributed by atoms with van der Waals surface area (Å²) in [7, 11) is 1.39. The van der Waals surface area contributed by atoms with Gasteiger partial charge in [0.15, 0.2) is 0 Å². The number of ether oxygens (including phenoxy) is 1. The third-order valence-corrected chi connectivity index (χ3v) is 3.25. The number of rotatable bonds is 4. The number of nitrogens with zero attached hydrogens (tertiary/aromatic N) is 1. The van der Waals surface area contributed by atoms with Gasteiger partial charge in [0.1, 0.15) is 6.04 Å². The molecule has 0 saturated carbocycles. The molecule has 1 saturated heterocycles. The molecule has 1 N–H and O–H groups in total. The van der Waals surface area contributed by atoms with E-state index < -0.39 is 0 Å². The van der Waals surface area contributed by atoms with Crippen LogP contribution in [0.2, 0.25) is 0 Å². The number of carbonyl (C=O) groups excluding carboxylic acids is 2. The fourth-order valence-corrected chi connectivity index (χ4v) is 2.28. The van der Waals surface area contributed by atoms with Gasteiger partial charge >= 0.3 is 5.97 Å². The largest absolute Gasteiger partial charge is 0.468 e. The number of likely N-dealkylation sites (N-methyl/N-ethyl adjacent to an activating group) is 1. The van der Waals surface area contributed by atoms with E-state index in [9.17, 15) is 9.59 Å². The van der Waals surface area contributed by atoms with Crippen molar-refractivity contribution in [2.24, 2.45) is 0 Å². The first kappa shape index (κ1) is 14.0. The van der Waals surface area contributed by atoms with Crippen LogP contribution >= 0.6 is 0 Å². The average Bonchev–Trinajstić information content (AvgIpc) is 2.37. The van der Waals surface area contributed by atoms with Crippen molar-refractivity contribution >= 4 is 11.9 Å². The standard InChI is InChI=1S/C12H22N2O3/c1-4-13-11(15)9(2)14-8-6-5-7-10(14)12(16)17-3/h9-10H,4-8H2,1-3H3,(H,13,15)/t9?,10-/m1/s1. The van der Waals surface area contributed by atoms with E-state index in [1.807, 2.05) is 18.7 Å². The molecule has 17 heavy (non-hydrogen) atoms. The van der Waals surface area contributed by atoms with Crippen LogP contribution in [-0.2, 0) is 14.3 Å². The van der Waals surface area contributed by atoms with Crippen LogP contribution < -0.4 is 5.32 Å². The molecule has 98 valence electrons. The molecular formula is C12H22N2O3. The molecular weight excluding hydrogens is 220 g/mol. The smallest absolute Gasteiger partial charge is 0.323 e. The molecule has 0 aromatic rings. The van der Waals surface area contributed by atoms with Crippen LogP contribution in [-0.4, -0.2) is 49.1 Å². The summed E-state index contributed by atoms with van der Waals surface area (Å²) in [5.74, 6) is -0.260. The molecule has 2 atom stereocenters. The zero-order valence-electron chi connectivity index (χ0n) is 10.9. The van der Waals surface area contributed by atoms with Crippen LogP contribution in [0.5, 0.6) is 0 Å². The van der Waals surface area contributed by atoms with E-state index in [-0.39, 0.29) is 24.0 Å². The Hall–Kier alpha value is -1.10. The normalized spacial score (nSPS) is 22.9. The predicted molar refractivity (Wildman–Crippen MR) is 64.5 cm³/mol. The van der Waals surface area contributed by atoms with Gasteiger partial charge < -0.3 is 10.1 Å². The van der Waals surface area contributed by atoms with Crippen LogP contribution in [0.15, 0.2) is 0 Å². The summed E-state index contributed by atoms with van der Waals surface area (Å²) >= 11 is 0. The highest BCUT2D eigenvalue weighted by molar-refractivity contribution is 5.83. The van der Waals surface area contributed by atoms with Gasteiger partial charge in [0, 0.05) is 6.54 Å². The Kier molecular flexibility index (Phi) is 5.41. The minimum atomic E-state index is -0.278. The highest BCUT2D eigenvalue weighted by Crippen LogP contribution is 2.20. The molecule has 0 bridgehead atoms. The second kappa shape index (κ2) is 6.59. The van der Waals surface area contributed by atoms with Gasteiger partial charge in [-0.05, 0) is 33.2 Å². The second-order valence-corrected chi connectivity index (χ2v) is 4.34. The van der Waals surface area contributed by atoms with E-state index in [0.29, 0.717) is 6.54 Å². The molecule has 5 heteroatoms. The van der Waals surface area contributed by atoms with Crippen LogP contribution in [0.1, 0.15) is 33.1 Å². The molecule has 0 aromatic heterocycles. The molecule has 1 fully saturated rings. The molecule has 1 aliphatic heterocycles. The lowest BCUT2D eigenvalue weighted by atomic mass is 10.00. The SMILES string of the molecule is CCNC(=O)C(C)N1CCCC[C@@H]1C(=O)OC. The summed E-state index contributed by atoms with van der Waals surface area (Å²) in [6, 6.07) is -0.550. The Morgan fingerprint density at radius 3 is 2.76 bits per heavy atom. The lowest BCUT2D eigenvalue weighted by molar-refractivity contribution is -0.150. The first-order chi connectivity index (χ1) is 8.11. The Morgan fingerprint density at radius 1 is 1.47 bits per heavy atom. The number of hydrogen-bond acceptors (Lipinski definition) is 4. The number of likely N-dealkylation sites (tertiary alicyclic amines) is 1. The summed E-state index contributed by atoms with van der Waals surface area (Å²) in [6.45, 7) is 5.11. The molecule has 0 radical (unpaired) electrons. The molecule has 0 aliphatic carbocycles. The van der Waals surface area contributed by atoms with E-state index in [1.54, 1.807) is 0 Å². The highest BCUT2D eigenvalue weighted by atomic mass is 16.5. The van der Waals surface area contributed by atoms with Crippen molar-refractivity contribution < 1.29 is 14.3 Å². The number of nitrogens with one attached hydrogen (secondary N) is 1. The highest BCUT2D eigenvalue weighted by Gasteiger charge is 2.34. The van der Waals surface area contributed by atoms with Gasteiger partial charge in [0.2, 0.25) is 5.91 Å². The number of esters is 1. The van der Waals surface area contributed by atoms with Crippen LogP contribution in [0, 0.1) is 0 Å². The maximum Gasteiger partial charge on any atom is 0.323 e. The van der Waals surface area contributed by atoms with Gasteiger partial charge in [-0.2, -0.15) is 0 Å². The second-order valence-electron chi connectivity index (χ2n) is 4.34. The van der Waals surface area contributed by atoms with E-state index in [0.717, 1.165) is 25.8 Å². The van der Waals surface area contributed by atoms with Crippen molar-refractivity contribution in [2.45, 2.75) is 45.2 Å². The van der Waals surface area contributed by atoms with Crippen molar-refractivity contribution in [2.75, 3.05) is 20.2 Å². The number of amides is 1. The molecule has 1 rings (SSSR count). The van der Waals surface area contributed by atoms with E-state index in [2.05, 4.69) is 5.32 Å². The van der Waals surface area contributed by atoms with Crippen LogP contribution in [0.25, 0.3) is 0 Å². The zero-order valence-corrected chi connectivity index (χ0v) is 10.9. The molecule has 0 aromatic carbocycles. The summed E-state index contributed by atoms with van der Waals surface area (Å²) in [5.41, 5.74) is 0. The summed E-state index contributed by atoms with van der Waals surface area (Å²) < 4.78 is 4.80. The maximum absolute atomic E-state index is 11.8. The molecule has 1 heterocycles. The zero-order chi connectivity index (χ0) is 12.8. The molecule has 5 nitrogen and oxygen atoms in total. The molecule has 0 spiro atoms. The monoisotopic (exact) mass is 242 g/mol. The summed E-state index contributed by atoms with van der Waals surface area (Å²) in [4.78, 5) is 25.4. The number of methoxy groups -OCH3 is 1. The van der Waals surface area contributed by atoms with Crippen LogP contribution in [0.4, 0.5) is 0 Å². The van der Waals surface area contributed by atoms with Crippen molar-refractivity contribution in [1.82, 2.24) is 10.2 Å². The van der Waals surface area contributed by atoms with Crippen molar-refractivity contribution in [3.8, 4) is 0 Å². The van der Waals surface area contributed by atoms with E-state index >= 15 is 0 Å². The Bertz CT molecular complexity index is 281. The lowest BCUT2D eigenvalue weighted by Gasteiger charge is -2.37. The van der Waals surface area contributed by atoms with Gasteiger partial charge in [-0.1, -0.05) is 6.42 Å². The van der Waals surface area contributed by atoms with Crippen molar-refractivity contribution in [3.05, 3.63) is 0 Å². The third-order valence-electron chi connectivity index (χ3n) is 3.25. The van der Waals surface area contributed by atoms with Gasteiger partial charge in [0.05, 0.1) is 13.2 Å². The first-order valence-corrected chi connectivity index (χ1v) is 6.23. The number of piperidine rings is 1. The Balaban J connectivity index is 2.70. The fourth-order valence-electron chi connectivity index (χ4n) is 2.28. The van der Waals surface area contributed by atoms with Gasteiger partial charge in [0.25, 0.3) is 0 Å². The van der Waals surface area contributed by atoms with Gasteiger partial charge in [-0.25, -0.2) is 0 Å². The topological polar surface area (TPSA) is 58.6 Å². The Morgan fingerprint density at radius 2 is 2.18 bits per heavy atom. The Labute approximate surface area is 102 Å². The van der Waals surface area contributed by atoms with Crippen molar-refractivity contribution in [1.29, 1.82) is 0 Å². The van der Waals surface area contributed by atoms with Crippen molar-refractivity contribution in [3.63, 3.8) is 0 Å². The maximum atomic E-state index is 11.8.